The summed E-state index contributed by atoms with van der Waals surface area (Å²) in [6.07, 6.45) is -3.37. The maximum atomic E-state index is 12.1. The average molecular weight is 258 g/mol. The summed E-state index contributed by atoms with van der Waals surface area (Å²) >= 11 is 0. The number of carbonyl (C=O) groups is 1. The van der Waals surface area contributed by atoms with E-state index in [9.17, 15) is 18.0 Å². The van der Waals surface area contributed by atoms with Gasteiger partial charge in [0.1, 0.15) is 0 Å². The van der Waals surface area contributed by atoms with Gasteiger partial charge in [-0.25, -0.2) is 0 Å². The molecule has 1 atom stereocenters. The van der Waals surface area contributed by atoms with Crippen LogP contribution in [0.1, 0.15) is 17.5 Å². The van der Waals surface area contributed by atoms with Gasteiger partial charge in [-0.1, -0.05) is 12.1 Å². The SMILES string of the molecule is Nc1cccc2c1CC[C@H](NC(=O)C(F)(F)F)C2. The number of nitrogens with two attached hydrogens (primary N) is 1. The molecule has 1 aliphatic carbocycles. The highest BCUT2D eigenvalue weighted by atomic mass is 19.4. The fourth-order valence-corrected chi connectivity index (χ4v) is 2.23. The van der Waals surface area contributed by atoms with E-state index < -0.39 is 18.1 Å². The summed E-state index contributed by atoms with van der Waals surface area (Å²) in [7, 11) is 0. The fraction of sp³-hybridized carbons (Fsp3) is 0.417. The topological polar surface area (TPSA) is 55.1 Å². The van der Waals surface area contributed by atoms with Crippen molar-refractivity contribution in [3.8, 4) is 0 Å². The highest BCUT2D eigenvalue weighted by Gasteiger charge is 2.40. The Morgan fingerprint density at radius 3 is 2.78 bits per heavy atom. The van der Waals surface area contributed by atoms with E-state index in [1.165, 1.54) is 0 Å². The van der Waals surface area contributed by atoms with Crippen LogP contribution >= 0.6 is 0 Å². The normalized spacial score (nSPS) is 19.2. The number of alkyl halides is 3. The van der Waals surface area contributed by atoms with Gasteiger partial charge in [0, 0.05) is 11.7 Å². The van der Waals surface area contributed by atoms with Crippen molar-refractivity contribution in [3.63, 3.8) is 0 Å². The van der Waals surface area contributed by atoms with Crippen molar-refractivity contribution in [1.82, 2.24) is 5.32 Å². The molecule has 18 heavy (non-hydrogen) atoms. The molecule has 2 rings (SSSR count). The first-order valence-electron chi connectivity index (χ1n) is 5.62. The molecule has 0 aromatic heterocycles. The second-order valence-electron chi connectivity index (χ2n) is 4.40. The molecular formula is C12H13F3N2O. The second kappa shape index (κ2) is 4.51. The Labute approximate surface area is 102 Å². The summed E-state index contributed by atoms with van der Waals surface area (Å²) < 4.78 is 36.4. The zero-order chi connectivity index (χ0) is 13.3. The van der Waals surface area contributed by atoms with Crippen LogP contribution in [-0.2, 0) is 17.6 Å². The first kappa shape index (κ1) is 12.7. The predicted molar refractivity (Wildman–Crippen MR) is 60.9 cm³/mol. The lowest BCUT2D eigenvalue weighted by Crippen LogP contribution is -2.45. The molecule has 0 saturated heterocycles. The summed E-state index contributed by atoms with van der Waals surface area (Å²) in [5.41, 5.74) is 8.34. The van der Waals surface area contributed by atoms with Crippen molar-refractivity contribution in [2.45, 2.75) is 31.5 Å². The minimum Gasteiger partial charge on any atom is -0.398 e. The van der Waals surface area contributed by atoms with Crippen LogP contribution < -0.4 is 11.1 Å². The number of hydrogen-bond acceptors (Lipinski definition) is 2. The molecule has 0 saturated carbocycles. The van der Waals surface area contributed by atoms with Crippen LogP contribution in [0.25, 0.3) is 0 Å². The largest absolute Gasteiger partial charge is 0.471 e. The molecule has 0 fully saturated rings. The number of fused-ring (bicyclic) bond motifs is 1. The highest BCUT2D eigenvalue weighted by molar-refractivity contribution is 5.82. The van der Waals surface area contributed by atoms with E-state index in [0.717, 1.165) is 11.1 Å². The Morgan fingerprint density at radius 1 is 1.39 bits per heavy atom. The van der Waals surface area contributed by atoms with Gasteiger partial charge >= 0.3 is 12.1 Å². The highest BCUT2D eigenvalue weighted by Crippen LogP contribution is 2.26. The average Bonchev–Trinajstić information content (AvgIpc) is 2.28. The lowest BCUT2D eigenvalue weighted by molar-refractivity contribution is -0.174. The van der Waals surface area contributed by atoms with Gasteiger partial charge in [0.05, 0.1) is 0 Å². The number of anilines is 1. The Hall–Kier alpha value is -1.72. The van der Waals surface area contributed by atoms with Crippen molar-refractivity contribution in [2.75, 3.05) is 5.73 Å². The summed E-state index contributed by atoms with van der Waals surface area (Å²) in [5, 5.41) is 2.01. The monoisotopic (exact) mass is 258 g/mol. The van der Waals surface area contributed by atoms with E-state index >= 15 is 0 Å². The summed E-state index contributed by atoms with van der Waals surface area (Å²) in [6, 6.07) is 4.89. The number of benzene rings is 1. The molecule has 0 aliphatic heterocycles. The Kier molecular flexibility index (Phi) is 3.19. The van der Waals surface area contributed by atoms with Crippen LogP contribution in [0.15, 0.2) is 18.2 Å². The van der Waals surface area contributed by atoms with Gasteiger partial charge in [0.25, 0.3) is 0 Å². The van der Waals surface area contributed by atoms with Gasteiger partial charge < -0.3 is 11.1 Å². The number of carbonyl (C=O) groups excluding carboxylic acids is 1. The third-order valence-electron chi connectivity index (χ3n) is 3.11. The zero-order valence-electron chi connectivity index (χ0n) is 9.55. The summed E-state index contributed by atoms with van der Waals surface area (Å²) in [6.45, 7) is 0. The molecule has 1 aromatic rings. The molecule has 0 spiro atoms. The Morgan fingerprint density at radius 2 is 2.11 bits per heavy atom. The summed E-state index contributed by atoms with van der Waals surface area (Å²) in [4.78, 5) is 10.9. The van der Waals surface area contributed by atoms with Gasteiger partial charge in [0.15, 0.2) is 0 Å². The van der Waals surface area contributed by atoms with Gasteiger partial charge in [-0.2, -0.15) is 13.2 Å². The van der Waals surface area contributed by atoms with Crippen molar-refractivity contribution in [3.05, 3.63) is 29.3 Å². The molecule has 0 bridgehead atoms. The molecule has 0 radical (unpaired) electrons. The van der Waals surface area contributed by atoms with Crippen LogP contribution in [0, 0.1) is 0 Å². The Balaban J connectivity index is 2.07. The molecule has 1 aliphatic rings. The van der Waals surface area contributed by atoms with Gasteiger partial charge in [-0.3, -0.25) is 4.79 Å². The standard InChI is InChI=1S/C12H13F3N2O/c13-12(14,15)11(18)17-8-4-5-9-7(6-8)2-1-3-10(9)16/h1-3,8H,4-6,16H2,(H,17,18)/t8-/m0/s1. The lowest BCUT2D eigenvalue weighted by Gasteiger charge is -2.26. The van der Waals surface area contributed by atoms with Crippen molar-refractivity contribution < 1.29 is 18.0 Å². The fourth-order valence-electron chi connectivity index (χ4n) is 2.23. The minimum atomic E-state index is -4.82. The van der Waals surface area contributed by atoms with E-state index in [-0.39, 0.29) is 0 Å². The number of hydrogen-bond donors (Lipinski definition) is 2. The lowest BCUT2D eigenvalue weighted by atomic mass is 9.87. The third kappa shape index (κ3) is 2.57. The summed E-state index contributed by atoms with van der Waals surface area (Å²) in [5.74, 6) is -1.88. The van der Waals surface area contributed by atoms with Gasteiger partial charge in [0.2, 0.25) is 0 Å². The first-order chi connectivity index (χ1) is 8.38. The zero-order valence-corrected chi connectivity index (χ0v) is 9.55. The molecule has 1 aromatic carbocycles. The molecular weight excluding hydrogens is 245 g/mol. The Bertz CT molecular complexity index is 471. The van der Waals surface area contributed by atoms with Crippen LogP contribution in [-0.4, -0.2) is 18.1 Å². The van der Waals surface area contributed by atoms with E-state index in [1.54, 1.807) is 12.1 Å². The molecule has 3 N–H and O–H groups in total. The van der Waals surface area contributed by atoms with E-state index in [1.807, 2.05) is 11.4 Å². The second-order valence-corrected chi connectivity index (χ2v) is 4.40. The predicted octanol–water partition coefficient (Wildman–Crippen LogP) is 1.80. The number of nitrogen functional groups attached to an aromatic ring is 1. The van der Waals surface area contributed by atoms with Crippen LogP contribution in [0.5, 0.6) is 0 Å². The molecule has 6 heteroatoms. The van der Waals surface area contributed by atoms with Crippen LogP contribution in [0.3, 0.4) is 0 Å². The number of amides is 1. The van der Waals surface area contributed by atoms with Crippen molar-refractivity contribution in [1.29, 1.82) is 0 Å². The molecule has 1 amide bonds. The minimum absolute atomic E-state index is 0.391. The molecule has 98 valence electrons. The van der Waals surface area contributed by atoms with Crippen molar-refractivity contribution >= 4 is 11.6 Å². The maximum Gasteiger partial charge on any atom is 0.471 e. The number of rotatable bonds is 1. The van der Waals surface area contributed by atoms with Gasteiger partial charge in [-0.05, 0) is 36.5 Å². The smallest absolute Gasteiger partial charge is 0.398 e. The molecule has 3 nitrogen and oxygen atoms in total. The molecule has 0 heterocycles. The first-order valence-corrected chi connectivity index (χ1v) is 5.62. The van der Waals surface area contributed by atoms with E-state index in [2.05, 4.69) is 0 Å². The van der Waals surface area contributed by atoms with E-state index in [0.29, 0.717) is 24.9 Å². The third-order valence-corrected chi connectivity index (χ3v) is 3.11. The quantitative estimate of drug-likeness (QED) is 0.755. The maximum absolute atomic E-state index is 12.1. The number of halogens is 3. The van der Waals surface area contributed by atoms with Gasteiger partial charge in [-0.15, -0.1) is 0 Å². The molecule has 0 unspecified atom stereocenters. The van der Waals surface area contributed by atoms with Crippen LogP contribution in [0.4, 0.5) is 18.9 Å². The van der Waals surface area contributed by atoms with Crippen LogP contribution in [0.2, 0.25) is 0 Å². The van der Waals surface area contributed by atoms with Crippen molar-refractivity contribution in [2.24, 2.45) is 0 Å². The van der Waals surface area contributed by atoms with E-state index in [4.69, 9.17) is 5.73 Å². The number of nitrogens with one attached hydrogen (secondary N) is 1.